The number of benzene rings is 1. The molecule has 2 aliphatic heterocycles. The van der Waals surface area contributed by atoms with Crippen molar-refractivity contribution in [3.05, 3.63) is 58.5 Å². The highest BCUT2D eigenvalue weighted by Gasteiger charge is 2.24. The van der Waals surface area contributed by atoms with Gasteiger partial charge in [0.1, 0.15) is 11.6 Å². The molecule has 0 aliphatic carbocycles. The summed E-state index contributed by atoms with van der Waals surface area (Å²) in [6.45, 7) is 3.97. The van der Waals surface area contributed by atoms with E-state index in [2.05, 4.69) is 9.88 Å². The van der Waals surface area contributed by atoms with Crippen molar-refractivity contribution in [3.63, 3.8) is 0 Å². The molecule has 4 rings (SSSR count). The van der Waals surface area contributed by atoms with Gasteiger partial charge in [0.2, 0.25) is 0 Å². The highest BCUT2D eigenvalue weighted by molar-refractivity contribution is 6.33. The normalized spacial score (nSPS) is 17.4. The minimum Gasteiger partial charge on any atom is -0.354 e. The SMILES string of the molecule is O=C(c1cnc(N2CCCN(C(=O)c3ccc(F)cc3)CC2)c(Cl)c1)N1CCCCC1. The summed E-state index contributed by atoms with van der Waals surface area (Å²) < 4.78 is 13.1. The van der Waals surface area contributed by atoms with Gasteiger partial charge in [-0.1, -0.05) is 11.6 Å². The number of amides is 2. The zero-order valence-corrected chi connectivity index (χ0v) is 18.2. The Balaban J connectivity index is 1.42. The molecular weight excluding hydrogens is 419 g/mol. The maximum absolute atomic E-state index is 13.1. The molecule has 8 heteroatoms. The number of rotatable bonds is 3. The molecule has 2 aromatic rings. The number of nitrogens with zero attached hydrogens (tertiary/aromatic N) is 4. The number of aromatic nitrogens is 1. The minimum atomic E-state index is -0.360. The van der Waals surface area contributed by atoms with Gasteiger partial charge in [0.05, 0.1) is 10.6 Å². The van der Waals surface area contributed by atoms with Gasteiger partial charge in [0.15, 0.2) is 0 Å². The number of hydrogen-bond acceptors (Lipinski definition) is 4. The van der Waals surface area contributed by atoms with Crippen molar-refractivity contribution < 1.29 is 14.0 Å². The summed E-state index contributed by atoms with van der Waals surface area (Å²) in [5.74, 6) is 0.144. The largest absolute Gasteiger partial charge is 0.354 e. The Morgan fingerprint density at radius 3 is 2.16 bits per heavy atom. The standard InChI is InChI=1S/C23H26ClFN4O2/c24-20-15-18(23(31)28-9-2-1-3-10-28)16-26-21(20)27-11-4-12-29(14-13-27)22(30)17-5-7-19(25)8-6-17/h5-8,15-16H,1-4,9-14H2. The van der Waals surface area contributed by atoms with E-state index in [1.165, 1.54) is 24.3 Å². The highest BCUT2D eigenvalue weighted by atomic mass is 35.5. The topological polar surface area (TPSA) is 56.8 Å². The molecule has 3 heterocycles. The Kier molecular flexibility index (Phi) is 6.70. The quantitative estimate of drug-likeness (QED) is 0.721. The van der Waals surface area contributed by atoms with Gasteiger partial charge in [-0.2, -0.15) is 0 Å². The number of halogens is 2. The van der Waals surface area contributed by atoms with Gasteiger partial charge in [-0.25, -0.2) is 9.37 Å². The zero-order valence-electron chi connectivity index (χ0n) is 17.4. The minimum absolute atomic E-state index is 0.0208. The van der Waals surface area contributed by atoms with Crippen molar-refractivity contribution in [2.45, 2.75) is 25.7 Å². The van der Waals surface area contributed by atoms with Crippen LogP contribution >= 0.6 is 11.6 Å². The highest BCUT2D eigenvalue weighted by Crippen LogP contribution is 2.26. The van der Waals surface area contributed by atoms with E-state index in [0.29, 0.717) is 48.1 Å². The lowest BCUT2D eigenvalue weighted by Crippen LogP contribution is -2.36. The summed E-state index contributed by atoms with van der Waals surface area (Å²) in [4.78, 5) is 35.6. The van der Waals surface area contributed by atoms with Gasteiger partial charge >= 0.3 is 0 Å². The van der Waals surface area contributed by atoms with E-state index < -0.39 is 0 Å². The number of piperidine rings is 1. The Labute approximate surface area is 186 Å². The Morgan fingerprint density at radius 1 is 0.806 bits per heavy atom. The van der Waals surface area contributed by atoms with Gasteiger partial charge in [0.25, 0.3) is 11.8 Å². The Morgan fingerprint density at radius 2 is 1.45 bits per heavy atom. The van der Waals surface area contributed by atoms with E-state index in [-0.39, 0.29) is 17.6 Å². The molecular formula is C23H26ClFN4O2. The third-order valence-electron chi connectivity index (χ3n) is 5.89. The van der Waals surface area contributed by atoms with Gasteiger partial charge in [0, 0.05) is 51.0 Å². The first-order valence-electron chi connectivity index (χ1n) is 10.8. The fraction of sp³-hybridized carbons (Fsp3) is 0.435. The summed E-state index contributed by atoms with van der Waals surface area (Å²) in [7, 11) is 0. The molecule has 2 fully saturated rings. The maximum Gasteiger partial charge on any atom is 0.255 e. The second kappa shape index (κ2) is 9.64. The van der Waals surface area contributed by atoms with Crippen LogP contribution in [0.5, 0.6) is 0 Å². The molecule has 1 aromatic carbocycles. The molecule has 2 aliphatic rings. The van der Waals surface area contributed by atoms with Gasteiger partial charge in [-0.3, -0.25) is 9.59 Å². The first-order chi connectivity index (χ1) is 15.0. The lowest BCUT2D eigenvalue weighted by atomic mass is 10.1. The monoisotopic (exact) mass is 444 g/mol. The molecule has 6 nitrogen and oxygen atoms in total. The third kappa shape index (κ3) is 4.98. The van der Waals surface area contributed by atoms with Crippen LogP contribution in [0, 0.1) is 5.82 Å². The van der Waals surface area contributed by atoms with E-state index >= 15 is 0 Å². The molecule has 164 valence electrons. The molecule has 2 saturated heterocycles. The molecule has 2 amide bonds. The van der Waals surface area contributed by atoms with Crippen LogP contribution in [-0.2, 0) is 0 Å². The predicted octanol–water partition coefficient (Wildman–Crippen LogP) is 3.85. The van der Waals surface area contributed by atoms with E-state index in [4.69, 9.17) is 11.6 Å². The molecule has 0 atom stereocenters. The molecule has 0 unspecified atom stereocenters. The number of likely N-dealkylation sites (tertiary alicyclic amines) is 1. The predicted molar refractivity (Wildman–Crippen MR) is 118 cm³/mol. The number of carbonyl (C=O) groups excluding carboxylic acids is 2. The lowest BCUT2D eigenvalue weighted by Gasteiger charge is -2.27. The molecule has 0 spiro atoms. The first-order valence-corrected chi connectivity index (χ1v) is 11.2. The summed E-state index contributed by atoms with van der Waals surface area (Å²) in [5.41, 5.74) is 0.991. The first kappa shape index (κ1) is 21.6. The van der Waals surface area contributed by atoms with Crippen LogP contribution in [0.4, 0.5) is 10.2 Å². The van der Waals surface area contributed by atoms with Crippen LogP contribution in [0.2, 0.25) is 5.02 Å². The van der Waals surface area contributed by atoms with E-state index in [0.717, 1.165) is 38.8 Å². The molecule has 31 heavy (non-hydrogen) atoms. The van der Waals surface area contributed by atoms with Crippen molar-refractivity contribution >= 4 is 29.2 Å². The van der Waals surface area contributed by atoms with Gasteiger partial charge in [-0.05, 0) is 56.0 Å². The summed E-state index contributed by atoms with van der Waals surface area (Å²) in [6, 6.07) is 7.32. The second-order valence-electron chi connectivity index (χ2n) is 8.02. The van der Waals surface area contributed by atoms with Crippen LogP contribution < -0.4 is 4.90 Å². The molecule has 0 bridgehead atoms. The average molecular weight is 445 g/mol. The fourth-order valence-electron chi connectivity index (χ4n) is 4.17. The van der Waals surface area contributed by atoms with Crippen molar-refractivity contribution in [2.24, 2.45) is 0 Å². The maximum atomic E-state index is 13.1. The van der Waals surface area contributed by atoms with Crippen LogP contribution in [0.25, 0.3) is 0 Å². The zero-order chi connectivity index (χ0) is 21.8. The molecule has 0 N–H and O–H groups in total. The van der Waals surface area contributed by atoms with E-state index in [9.17, 15) is 14.0 Å². The lowest BCUT2D eigenvalue weighted by molar-refractivity contribution is 0.0722. The van der Waals surface area contributed by atoms with Crippen LogP contribution in [0.3, 0.4) is 0 Å². The number of pyridine rings is 1. The second-order valence-corrected chi connectivity index (χ2v) is 8.43. The Hall–Kier alpha value is -2.67. The third-order valence-corrected chi connectivity index (χ3v) is 6.16. The van der Waals surface area contributed by atoms with Crippen LogP contribution in [-0.4, -0.2) is 65.9 Å². The Bertz CT molecular complexity index is 947. The van der Waals surface area contributed by atoms with Crippen molar-refractivity contribution in [3.8, 4) is 0 Å². The number of anilines is 1. The van der Waals surface area contributed by atoms with E-state index in [1.807, 2.05) is 4.90 Å². The summed E-state index contributed by atoms with van der Waals surface area (Å²) >= 11 is 6.52. The number of carbonyl (C=O) groups is 2. The van der Waals surface area contributed by atoms with Crippen molar-refractivity contribution in [1.29, 1.82) is 0 Å². The average Bonchev–Trinajstić information content (AvgIpc) is 3.05. The van der Waals surface area contributed by atoms with E-state index in [1.54, 1.807) is 17.2 Å². The van der Waals surface area contributed by atoms with Crippen molar-refractivity contribution in [2.75, 3.05) is 44.2 Å². The van der Waals surface area contributed by atoms with Crippen LogP contribution in [0.1, 0.15) is 46.4 Å². The van der Waals surface area contributed by atoms with Gasteiger partial charge < -0.3 is 14.7 Å². The van der Waals surface area contributed by atoms with Gasteiger partial charge in [-0.15, -0.1) is 0 Å². The summed E-state index contributed by atoms with van der Waals surface area (Å²) in [5, 5.41) is 0.446. The van der Waals surface area contributed by atoms with Crippen LogP contribution in [0.15, 0.2) is 36.5 Å². The smallest absolute Gasteiger partial charge is 0.255 e. The van der Waals surface area contributed by atoms with Crippen molar-refractivity contribution in [1.82, 2.24) is 14.8 Å². The molecule has 0 saturated carbocycles. The number of hydrogen-bond donors (Lipinski definition) is 0. The fourth-order valence-corrected chi connectivity index (χ4v) is 4.45. The molecule has 1 aromatic heterocycles. The molecule has 0 radical (unpaired) electrons. The summed E-state index contributed by atoms with van der Waals surface area (Å²) in [6.07, 6.45) is 5.60.